The molecule has 0 aliphatic heterocycles. The zero-order valence-corrected chi connectivity index (χ0v) is 10.1. The van der Waals surface area contributed by atoms with Crippen molar-refractivity contribution in [3.05, 3.63) is 47.9 Å². The first-order chi connectivity index (χ1) is 8.74. The summed E-state index contributed by atoms with van der Waals surface area (Å²) in [5.41, 5.74) is 7.67. The van der Waals surface area contributed by atoms with Crippen LogP contribution in [0.2, 0.25) is 0 Å². The Bertz CT molecular complexity index is 675. The average Bonchev–Trinajstić information content (AvgIpc) is 2.97. The quantitative estimate of drug-likeness (QED) is 0.770. The summed E-state index contributed by atoms with van der Waals surface area (Å²) in [7, 11) is 0. The smallest absolute Gasteiger partial charge is 0.145 e. The van der Waals surface area contributed by atoms with Gasteiger partial charge in [-0.05, 0) is 18.2 Å². The molecule has 2 aromatic heterocycles. The van der Waals surface area contributed by atoms with Gasteiger partial charge < -0.3 is 5.73 Å². The highest BCUT2D eigenvalue weighted by atomic mass is 32.1. The van der Waals surface area contributed by atoms with Crippen LogP contribution in [-0.4, -0.2) is 14.8 Å². The Balaban J connectivity index is 2.08. The maximum atomic E-state index is 13.2. The molecule has 0 saturated carbocycles. The summed E-state index contributed by atoms with van der Waals surface area (Å²) in [4.78, 5) is 4.16. The molecular formula is C12H9FN4S. The number of thiazole rings is 1. The van der Waals surface area contributed by atoms with Gasteiger partial charge in [-0.2, -0.15) is 5.10 Å². The van der Waals surface area contributed by atoms with Gasteiger partial charge in [-0.25, -0.2) is 14.1 Å². The van der Waals surface area contributed by atoms with Crippen molar-refractivity contribution in [3.63, 3.8) is 0 Å². The highest BCUT2D eigenvalue weighted by Gasteiger charge is 2.11. The molecule has 0 radical (unpaired) electrons. The van der Waals surface area contributed by atoms with Crippen molar-refractivity contribution in [3.8, 4) is 16.4 Å². The molecule has 90 valence electrons. The molecule has 3 rings (SSSR count). The van der Waals surface area contributed by atoms with E-state index in [0.29, 0.717) is 17.1 Å². The van der Waals surface area contributed by atoms with Crippen LogP contribution >= 0.6 is 11.3 Å². The van der Waals surface area contributed by atoms with Crippen molar-refractivity contribution >= 4 is 17.0 Å². The van der Waals surface area contributed by atoms with Crippen LogP contribution in [0.1, 0.15) is 0 Å². The summed E-state index contributed by atoms with van der Waals surface area (Å²) in [5.74, 6) is -0.308. The number of nitrogens with zero attached hydrogens (tertiary/aromatic N) is 3. The van der Waals surface area contributed by atoms with Crippen LogP contribution in [0.25, 0.3) is 16.4 Å². The standard InChI is InChI=1S/C12H9FN4S/c13-8-2-1-3-9(6-8)17-7-10(14)11(16-17)12-15-4-5-18-12/h1-7H,14H2. The molecule has 4 nitrogen and oxygen atoms in total. The minimum absolute atomic E-state index is 0.308. The third kappa shape index (κ3) is 1.86. The van der Waals surface area contributed by atoms with Crippen LogP contribution in [0.4, 0.5) is 10.1 Å². The van der Waals surface area contributed by atoms with Gasteiger partial charge in [0.1, 0.15) is 16.5 Å². The molecule has 3 aromatic rings. The third-order valence-electron chi connectivity index (χ3n) is 2.45. The zero-order valence-electron chi connectivity index (χ0n) is 9.25. The van der Waals surface area contributed by atoms with Gasteiger partial charge in [0.25, 0.3) is 0 Å². The molecule has 2 heterocycles. The van der Waals surface area contributed by atoms with Gasteiger partial charge in [-0.15, -0.1) is 11.3 Å². The second kappa shape index (κ2) is 4.23. The van der Waals surface area contributed by atoms with Gasteiger partial charge in [0, 0.05) is 11.6 Å². The van der Waals surface area contributed by atoms with Crippen LogP contribution in [0, 0.1) is 5.82 Å². The van der Waals surface area contributed by atoms with Gasteiger partial charge in [0.15, 0.2) is 0 Å². The lowest BCUT2D eigenvalue weighted by Gasteiger charge is -1.99. The minimum Gasteiger partial charge on any atom is -0.396 e. The molecule has 0 aliphatic rings. The normalized spacial score (nSPS) is 10.7. The summed E-state index contributed by atoms with van der Waals surface area (Å²) < 4.78 is 14.7. The SMILES string of the molecule is Nc1cn(-c2cccc(F)c2)nc1-c1nccs1. The number of benzene rings is 1. The van der Waals surface area contributed by atoms with Crippen LogP contribution in [0.5, 0.6) is 0 Å². The van der Waals surface area contributed by atoms with E-state index in [1.54, 1.807) is 29.2 Å². The maximum absolute atomic E-state index is 13.2. The van der Waals surface area contributed by atoms with E-state index in [0.717, 1.165) is 5.01 Å². The van der Waals surface area contributed by atoms with Crippen molar-refractivity contribution < 1.29 is 4.39 Å². The van der Waals surface area contributed by atoms with Gasteiger partial charge in [-0.1, -0.05) is 6.07 Å². The summed E-state index contributed by atoms with van der Waals surface area (Å²) in [6.45, 7) is 0. The summed E-state index contributed by atoms with van der Waals surface area (Å²) in [5, 5.41) is 6.95. The molecule has 0 atom stereocenters. The fourth-order valence-electron chi connectivity index (χ4n) is 1.64. The molecular weight excluding hydrogens is 251 g/mol. The molecule has 0 amide bonds. The van der Waals surface area contributed by atoms with E-state index in [9.17, 15) is 4.39 Å². The van der Waals surface area contributed by atoms with Crippen molar-refractivity contribution in [1.82, 2.24) is 14.8 Å². The Labute approximate surface area is 107 Å². The fraction of sp³-hybridized carbons (Fsp3) is 0. The lowest BCUT2D eigenvalue weighted by atomic mass is 10.3. The molecule has 0 bridgehead atoms. The van der Waals surface area contributed by atoms with E-state index in [1.807, 2.05) is 5.38 Å². The van der Waals surface area contributed by atoms with Gasteiger partial charge >= 0.3 is 0 Å². The molecule has 0 spiro atoms. The monoisotopic (exact) mass is 260 g/mol. The Morgan fingerprint density at radius 1 is 1.33 bits per heavy atom. The van der Waals surface area contributed by atoms with E-state index >= 15 is 0 Å². The van der Waals surface area contributed by atoms with Gasteiger partial charge in [0.05, 0.1) is 17.6 Å². The first-order valence-electron chi connectivity index (χ1n) is 5.25. The number of nitrogen functional groups attached to an aromatic ring is 1. The molecule has 6 heteroatoms. The van der Waals surface area contributed by atoms with E-state index in [2.05, 4.69) is 10.1 Å². The second-order valence-corrected chi connectivity index (χ2v) is 4.59. The van der Waals surface area contributed by atoms with Crippen LogP contribution in [-0.2, 0) is 0 Å². The van der Waals surface area contributed by atoms with Gasteiger partial charge in [-0.3, -0.25) is 0 Å². The predicted molar refractivity (Wildman–Crippen MR) is 69.0 cm³/mol. The largest absolute Gasteiger partial charge is 0.396 e. The van der Waals surface area contributed by atoms with Crippen molar-refractivity contribution in [1.29, 1.82) is 0 Å². The summed E-state index contributed by atoms with van der Waals surface area (Å²) in [6.07, 6.45) is 3.35. The topological polar surface area (TPSA) is 56.7 Å². The number of rotatable bonds is 2. The lowest BCUT2D eigenvalue weighted by molar-refractivity contribution is 0.625. The number of anilines is 1. The molecule has 0 unspecified atom stereocenters. The predicted octanol–water partition coefficient (Wildman–Crippen LogP) is 2.72. The molecule has 0 fully saturated rings. The first kappa shape index (κ1) is 10.9. The second-order valence-electron chi connectivity index (χ2n) is 3.69. The number of halogens is 1. The van der Waals surface area contributed by atoms with Crippen LogP contribution in [0.3, 0.4) is 0 Å². The van der Waals surface area contributed by atoms with Crippen LogP contribution in [0.15, 0.2) is 42.0 Å². The van der Waals surface area contributed by atoms with Crippen molar-refractivity contribution in [2.75, 3.05) is 5.73 Å². The maximum Gasteiger partial charge on any atom is 0.145 e. The Kier molecular flexibility index (Phi) is 2.56. The van der Waals surface area contributed by atoms with Crippen LogP contribution < -0.4 is 5.73 Å². The average molecular weight is 260 g/mol. The Morgan fingerprint density at radius 3 is 2.94 bits per heavy atom. The lowest BCUT2D eigenvalue weighted by Crippen LogP contribution is -1.95. The minimum atomic E-state index is -0.308. The highest BCUT2D eigenvalue weighted by molar-refractivity contribution is 7.13. The van der Waals surface area contributed by atoms with E-state index in [4.69, 9.17) is 5.73 Å². The molecule has 2 N–H and O–H groups in total. The van der Waals surface area contributed by atoms with E-state index in [-0.39, 0.29) is 5.82 Å². The summed E-state index contributed by atoms with van der Waals surface area (Å²) >= 11 is 1.46. The molecule has 18 heavy (non-hydrogen) atoms. The molecule has 0 saturated heterocycles. The molecule has 1 aromatic carbocycles. The number of aromatic nitrogens is 3. The Hall–Kier alpha value is -2.21. The summed E-state index contributed by atoms with van der Waals surface area (Å²) in [6, 6.07) is 6.18. The van der Waals surface area contributed by atoms with E-state index < -0.39 is 0 Å². The number of hydrogen-bond acceptors (Lipinski definition) is 4. The number of hydrogen-bond donors (Lipinski definition) is 1. The fourth-order valence-corrected chi connectivity index (χ4v) is 2.29. The Morgan fingerprint density at radius 2 is 2.22 bits per heavy atom. The third-order valence-corrected chi connectivity index (χ3v) is 3.23. The van der Waals surface area contributed by atoms with Crippen molar-refractivity contribution in [2.45, 2.75) is 0 Å². The number of nitrogens with two attached hydrogens (primary N) is 1. The van der Waals surface area contributed by atoms with E-state index in [1.165, 1.54) is 23.5 Å². The first-order valence-corrected chi connectivity index (χ1v) is 6.13. The molecule has 0 aliphatic carbocycles. The zero-order chi connectivity index (χ0) is 12.5. The van der Waals surface area contributed by atoms with Crippen molar-refractivity contribution in [2.24, 2.45) is 0 Å². The van der Waals surface area contributed by atoms with Gasteiger partial charge in [0.2, 0.25) is 0 Å². The highest BCUT2D eigenvalue weighted by Crippen LogP contribution is 2.26.